The molecular formula is C25H29ClFeN4+2. The zero-order valence-corrected chi connectivity index (χ0v) is 19.8. The Morgan fingerprint density at radius 2 is 1.61 bits per heavy atom. The number of nitrogens with one attached hydrogen (secondary N) is 2. The molecule has 1 aromatic heterocycles. The normalized spacial score (nSPS) is 16.9. The molecule has 6 heteroatoms. The topological polar surface area (TPSA) is 40.2 Å². The molecule has 1 heterocycles. The molecule has 4 rings (SSSR count). The number of rotatable bonds is 8. The molecule has 0 amide bonds. The first-order chi connectivity index (χ1) is 14.6. The Labute approximate surface area is 204 Å². The van der Waals surface area contributed by atoms with E-state index >= 15 is 0 Å². The van der Waals surface area contributed by atoms with Crippen molar-refractivity contribution in [1.29, 1.82) is 0 Å². The number of halogens is 1. The van der Waals surface area contributed by atoms with E-state index in [-0.39, 0.29) is 17.1 Å². The van der Waals surface area contributed by atoms with Gasteiger partial charge in [-0.05, 0) is 89.7 Å². The summed E-state index contributed by atoms with van der Waals surface area (Å²) in [6.45, 7) is 3.62. The first-order valence-corrected chi connectivity index (χ1v) is 10.5. The Morgan fingerprint density at radius 3 is 2.32 bits per heavy atom. The summed E-state index contributed by atoms with van der Waals surface area (Å²) in [6.07, 6.45) is 18.3. The van der Waals surface area contributed by atoms with Crippen LogP contribution in [0.1, 0.15) is 0 Å². The predicted octanol–water partition coefficient (Wildman–Crippen LogP) is 4.25. The second-order valence-electron chi connectivity index (χ2n) is 7.40. The average molecular weight is 477 g/mol. The van der Waals surface area contributed by atoms with Crippen LogP contribution in [0, 0.1) is 63.2 Å². The summed E-state index contributed by atoms with van der Waals surface area (Å²) in [5.74, 6) is 2.76. The first kappa shape index (κ1) is 26.4. The Kier molecular flexibility index (Phi) is 12.2. The molecule has 0 unspecified atom stereocenters. The van der Waals surface area contributed by atoms with Crippen molar-refractivity contribution in [1.82, 2.24) is 15.2 Å². The molecule has 2 aliphatic rings. The summed E-state index contributed by atoms with van der Waals surface area (Å²) in [5, 5.41) is 8.80. The molecule has 162 valence electrons. The van der Waals surface area contributed by atoms with Gasteiger partial charge in [-0.15, -0.1) is 0 Å². The summed E-state index contributed by atoms with van der Waals surface area (Å²) in [4.78, 5) is 6.57. The molecule has 2 saturated carbocycles. The molecule has 0 saturated heterocycles. The van der Waals surface area contributed by atoms with Crippen molar-refractivity contribution in [3.8, 4) is 0 Å². The van der Waals surface area contributed by atoms with E-state index in [9.17, 15) is 0 Å². The SMILES string of the molecule is CN(C)C[C]1[CH][CH][CH][C]1CNCCNc1ccnc2cc(Cl)ccc12.[CH]1[CH][CH][CH][CH]1.[Fe+2]. The molecule has 2 aliphatic carbocycles. The van der Waals surface area contributed by atoms with Crippen molar-refractivity contribution < 1.29 is 17.1 Å². The van der Waals surface area contributed by atoms with Gasteiger partial charge in [0.25, 0.3) is 0 Å². The van der Waals surface area contributed by atoms with Crippen LogP contribution in [0.3, 0.4) is 0 Å². The van der Waals surface area contributed by atoms with Gasteiger partial charge in [-0.1, -0.05) is 11.6 Å². The predicted molar refractivity (Wildman–Crippen MR) is 128 cm³/mol. The second kappa shape index (κ2) is 14.3. The fourth-order valence-corrected chi connectivity index (χ4v) is 3.43. The van der Waals surface area contributed by atoms with Crippen LogP contribution in [0.25, 0.3) is 10.9 Å². The molecule has 0 aliphatic heterocycles. The van der Waals surface area contributed by atoms with Gasteiger partial charge in [-0.3, -0.25) is 4.98 Å². The van der Waals surface area contributed by atoms with E-state index in [1.54, 1.807) is 0 Å². The molecule has 4 nitrogen and oxygen atoms in total. The number of hydrogen-bond acceptors (Lipinski definition) is 4. The van der Waals surface area contributed by atoms with Crippen molar-refractivity contribution in [2.24, 2.45) is 0 Å². The zero-order valence-electron chi connectivity index (χ0n) is 18.0. The quantitative estimate of drug-likeness (QED) is 0.441. The minimum absolute atomic E-state index is 0. The van der Waals surface area contributed by atoms with Gasteiger partial charge in [-0.25, -0.2) is 0 Å². The molecule has 0 spiro atoms. The van der Waals surface area contributed by atoms with Crippen LogP contribution in [-0.4, -0.2) is 50.2 Å². The van der Waals surface area contributed by atoms with E-state index in [1.165, 1.54) is 11.8 Å². The van der Waals surface area contributed by atoms with E-state index in [2.05, 4.69) is 53.9 Å². The molecular weight excluding hydrogens is 448 g/mol. The fraction of sp³-hybridized carbons (Fsp3) is 0.240. The number of pyridine rings is 1. The Balaban J connectivity index is 0.000000501. The third kappa shape index (κ3) is 8.90. The summed E-state index contributed by atoms with van der Waals surface area (Å²) in [7, 11) is 4.20. The van der Waals surface area contributed by atoms with Crippen LogP contribution in [0.2, 0.25) is 5.02 Å². The maximum absolute atomic E-state index is 6.04. The second-order valence-corrected chi connectivity index (χ2v) is 7.84. The van der Waals surface area contributed by atoms with Crippen LogP contribution >= 0.6 is 11.6 Å². The van der Waals surface area contributed by atoms with Crippen LogP contribution in [0.5, 0.6) is 0 Å². The third-order valence-electron chi connectivity index (χ3n) is 4.69. The molecule has 10 radical (unpaired) electrons. The number of benzene rings is 1. The van der Waals surface area contributed by atoms with Crippen molar-refractivity contribution >= 4 is 28.2 Å². The Morgan fingerprint density at radius 1 is 0.903 bits per heavy atom. The maximum atomic E-state index is 6.04. The van der Waals surface area contributed by atoms with Crippen molar-refractivity contribution in [3.05, 3.63) is 98.7 Å². The summed E-state index contributed by atoms with van der Waals surface area (Å²) in [5.41, 5.74) is 2.00. The van der Waals surface area contributed by atoms with Gasteiger partial charge >= 0.3 is 17.1 Å². The standard InChI is InChI=1S/C20H24ClN4.C5H5.Fe/c1-25(2)14-16-5-3-4-15(16)13-22-10-11-24-19-8-9-23-20-12-17(21)6-7-18(19)20;1-2-4-5-3-1;/h3-9,12,22H,10-11,13-14H2,1-2H3,(H,23,24);1-5H;/q;;+2. The minimum atomic E-state index is 0. The molecule has 2 aromatic rings. The van der Waals surface area contributed by atoms with E-state index in [0.717, 1.165) is 42.8 Å². The van der Waals surface area contributed by atoms with E-state index in [4.69, 9.17) is 11.6 Å². The molecule has 2 N–H and O–H groups in total. The molecule has 0 atom stereocenters. The minimum Gasteiger partial charge on any atom is -0.383 e. The van der Waals surface area contributed by atoms with Crippen molar-refractivity contribution in [2.75, 3.05) is 45.6 Å². The largest absolute Gasteiger partial charge is 2.00 e. The monoisotopic (exact) mass is 476 g/mol. The van der Waals surface area contributed by atoms with Gasteiger partial charge in [0, 0.05) is 60.3 Å². The number of hydrogen-bond donors (Lipinski definition) is 2. The van der Waals surface area contributed by atoms with Gasteiger partial charge in [0.1, 0.15) is 0 Å². The van der Waals surface area contributed by atoms with Gasteiger partial charge in [0.2, 0.25) is 0 Å². The van der Waals surface area contributed by atoms with Gasteiger partial charge in [0.05, 0.1) is 5.52 Å². The van der Waals surface area contributed by atoms with Crippen LogP contribution in [-0.2, 0) is 17.1 Å². The zero-order chi connectivity index (χ0) is 21.2. The number of fused-ring (bicyclic) bond motifs is 1. The molecule has 0 bridgehead atoms. The van der Waals surface area contributed by atoms with Crippen LogP contribution in [0.15, 0.2) is 30.5 Å². The number of aromatic nitrogens is 1. The third-order valence-corrected chi connectivity index (χ3v) is 4.92. The van der Waals surface area contributed by atoms with Gasteiger partial charge in [0.15, 0.2) is 0 Å². The van der Waals surface area contributed by atoms with Crippen LogP contribution < -0.4 is 10.6 Å². The summed E-state index contributed by atoms with van der Waals surface area (Å²) < 4.78 is 0. The van der Waals surface area contributed by atoms with E-state index in [0.29, 0.717) is 5.02 Å². The molecule has 1 aromatic carbocycles. The molecule has 31 heavy (non-hydrogen) atoms. The number of anilines is 1. The first-order valence-electron chi connectivity index (χ1n) is 10.2. The summed E-state index contributed by atoms with van der Waals surface area (Å²) >= 11 is 6.04. The fourth-order valence-electron chi connectivity index (χ4n) is 3.27. The van der Waals surface area contributed by atoms with Crippen molar-refractivity contribution in [3.63, 3.8) is 0 Å². The maximum Gasteiger partial charge on any atom is 2.00 e. The van der Waals surface area contributed by atoms with Gasteiger partial charge in [-0.2, -0.15) is 0 Å². The van der Waals surface area contributed by atoms with Crippen LogP contribution in [0.4, 0.5) is 5.69 Å². The smallest absolute Gasteiger partial charge is 0.383 e. The van der Waals surface area contributed by atoms with E-state index in [1.807, 2.05) is 62.6 Å². The molecule has 2 fully saturated rings. The Bertz CT molecular complexity index is 759. The Hall–Kier alpha value is -0.841. The summed E-state index contributed by atoms with van der Waals surface area (Å²) in [6, 6.07) is 7.80. The number of nitrogens with zero attached hydrogens (tertiary/aromatic N) is 2. The van der Waals surface area contributed by atoms with E-state index < -0.39 is 0 Å². The van der Waals surface area contributed by atoms with Gasteiger partial charge < -0.3 is 15.5 Å². The average Bonchev–Trinajstić information content (AvgIpc) is 3.43. The van der Waals surface area contributed by atoms with Crippen molar-refractivity contribution in [2.45, 2.75) is 0 Å².